The number of aromatic nitrogens is 2. The summed E-state index contributed by atoms with van der Waals surface area (Å²) in [5.74, 6) is 5.46. The van der Waals surface area contributed by atoms with Gasteiger partial charge >= 0.3 is 0 Å². The number of nitrogens with one attached hydrogen (secondary N) is 1. The second-order valence-electron chi connectivity index (χ2n) is 3.33. The van der Waals surface area contributed by atoms with Crippen molar-refractivity contribution in [2.24, 2.45) is 12.9 Å². The van der Waals surface area contributed by atoms with E-state index in [1.165, 1.54) is 12.8 Å². The van der Waals surface area contributed by atoms with E-state index in [1.54, 1.807) is 6.33 Å². The van der Waals surface area contributed by atoms with Gasteiger partial charge in [-0.1, -0.05) is 19.8 Å². The quantitative estimate of drug-likeness (QED) is 0.530. The van der Waals surface area contributed by atoms with Crippen LogP contribution in [-0.2, 0) is 7.05 Å². The highest BCUT2D eigenvalue weighted by Gasteiger charge is 2.10. The summed E-state index contributed by atoms with van der Waals surface area (Å²) in [4.78, 5) is 4.26. The van der Waals surface area contributed by atoms with E-state index in [0.717, 1.165) is 12.1 Å². The van der Waals surface area contributed by atoms with Crippen LogP contribution >= 0.6 is 0 Å². The van der Waals surface area contributed by atoms with Crippen molar-refractivity contribution in [2.45, 2.75) is 32.2 Å². The molecule has 0 aromatic carbocycles. The summed E-state index contributed by atoms with van der Waals surface area (Å²) >= 11 is 0. The summed E-state index contributed by atoms with van der Waals surface area (Å²) in [7, 11) is 1.96. The Balaban J connectivity index is 2.56. The molecule has 0 aliphatic heterocycles. The van der Waals surface area contributed by atoms with Gasteiger partial charge < -0.3 is 4.57 Å². The minimum atomic E-state index is 0.196. The number of rotatable bonds is 5. The third-order valence-corrected chi connectivity index (χ3v) is 2.13. The van der Waals surface area contributed by atoms with Crippen molar-refractivity contribution >= 4 is 0 Å². The number of nitrogens with zero attached hydrogens (tertiary/aromatic N) is 2. The third kappa shape index (κ3) is 2.82. The van der Waals surface area contributed by atoms with Gasteiger partial charge in [-0.25, -0.2) is 4.98 Å². The van der Waals surface area contributed by atoms with Crippen LogP contribution in [-0.4, -0.2) is 9.55 Å². The number of imidazole rings is 1. The molecular weight excluding hydrogens is 164 g/mol. The monoisotopic (exact) mass is 182 g/mol. The molecule has 3 N–H and O–H groups in total. The number of unbranched alkanes of at least 4 members (excludes halogenated alkanes) is 1. The van der Waals surface area contributed by atoms with Gasteiger partial charge in [0.2, 0.25) is 0 Å². The van der Waals surface area contributed by atoms with Crippen molar-refractivity contribution in [3.8, 4) is 0 Å². The minimum Gasteiger partial charge on any atom is -0.340 e. The predicted octanol–water partition coefficient (Wildman–Crippen LogP) is 1.11. The summed E-state index contributed by atoms with van der Waals surface area (Å²) in [6.07, 6.45) is 7.20. The molecule has 0 fully saturated rings. The smallest absolute Gasteiger partial charge is 0.0947 e. The molecule has 0 saturated heterocycles. The topological polar surface area (TPSA) is 55.9 Å². The Morgan fingerprint density at radius 3 is 2.92 bits per heavy atom. The van der Waals surface area contributed by atoms with Gasteiger partial charge in [0.25, 0.3) is 0 Å². The number of hydrazine groups is 1. The lowest BCUT2D eigenvalue weighted by molar-refractivity contribution is 0.486. The van der Waals surface area contributed by atoms with E-state index in [0.29, 0.717) is 0 Å². The zero-order chi connectivity index (χ0) is 9.68. The van der Waals surface area contributed by atoms with Crippen LogP contribution in [0, 0.1) is 0 Å². The molecule has 1 heterocycles. The van der Waals surface area contributed by atoms with E-state index >= 15 is 0 Å². The number of nitrogens with two attached hydrogens (primary N) is 1. The maximum Gasteiger partial charge on any atom is 0.0947 e. The van der Waals surface area contributed by atoms with Crippen molar-refractivity contribution < 1.29 is 0 Å². The van der Waals surface area contributed by atoms with Gasteiger partial charge in [-0.15, -0.1) is 0 Å². The van der Waals surface area contributed by atoms with Crippen molar-refractivity contribution in [1.82, 2.24) is 15.0 Å². The fourth-order valence-electron chi connectivity index (χ4n) is 1.34. The molecule has 74 valence electrons. The van der Waals surface area contributed by atoms with Crippen LogP contribution in [0.1, 0.15) is 37.9 Å². The Kier molecular flexibility index (Phi) is 3.92. The first-order valence-corrected chi connectivity index (χ1v) is 4.72. The molecule has 13 heavy (non-hydrogen) atoms. The molecule has 0 aliphatic rings. The molecule has 0 saturated carbocycles. The normalized spacial score (nSPS) is 13.2. The van der Waals surface area contributed by atoms with Gasteiger partial charge in [-0.3, -0.25) is 11.3 Å². The van der Waals surface area contributed by atoms with E-state index in [-0.39, 0.29) is 6.04 Å². The Morgan fingerprint density at radius 2 is 2.46 bits per heavy atom. The highest BCUT2D eigenvalue weighted by molar-refractivity contribution is 5.02. The van der Waals surface area contributed by atoms with Gasteiger partial charge in [0.15, 0.2) is 0 Å². The maximum absolute atomic E-state index is 5.46. The second-order valence-corrected chi connectivity index (χ2v) is 3.33. The van der Waals surface area contributed by atoms with Crippen molar-refractivity contribution in [3.63, 3.8) is 0 Å². The van der Waals surface area contributed by atoms with Gasteiger partial charge in [-0.2, -0.15) is 0 Å². The zero-order valence-corrected chi connectivity index (χ0v) is 8.33. The molecule has 4 nitrogen and oxygen atoms in total. The van der Waals surface area contributed by atoms with E-state index < -0.39 is 0 Å². The van der Waals surface area contributed by atoms with Crippen molar-refractivity contribution in [3.05, 3.63) is 18.2 Å². The van der Waals surface area contributed by atoms with Crippen molar-refractivity contribution in [2.75, 3.05) is 0 Å². The first kappa shape index (κ1) is 10.2. The number of hydrogen-bond acceptors (Lipinski definition) is 3. The van der Waals surface area contributed by atoms with Crippen LogP contribution in [0.25, 0.3) is 0 Å². The summed E-state index contributed by atoms with van der Waals surface area (Å²) in [6.45, 7) is 2.17. The zero-order valence-electron chi connectivity index (χ0n) is 8.33. The standard InChI is InChI=1S/C9H18N4/c1-3-4-5-8(12-10)9-6-13(2)7-11-9/h6-8,12H,3-5,10H2,1-2H3. The van der Waals surface area contributed by atoms with E-state index in [2.05, 4.69) is 17.3 Å². The van der Waals surface area contributed by atoms with Crippen LogP contribution in [0.15, 0.2) is 12.5 Å². The van der Waals surface area contributed by atoms with Gasteiger partial charge in [-0.05, 0) is 6.42 Å². The van der Waals surface area contributed by atoms with Crippen molar-refractivity contribution in [1.29, 1.82) is 0 Å². The van der Waals surface area contributed by atoms with E-state index in [4.69, 9.17) is 5.84 Å². The Bertz CT molecular complexity index is 244. The lowest BCUT2D eigenvalue weighted by Gasteiger charge is -2.12. The predicted molar refractivity (Wildman–Crippen MR) is 52.8 cm³/mol. The molecule has 1 unspecified atom stereocenters. The molecule has 0 bridgehead atoms. The average Bonchev–Trinajstić information content (AvgIpc) is 2.54. The first-order chi connectivity index (χ1) is 6.27. The molecule has 1 aromatic rings. The van der Waals surface area contributed by atoms with Crippen LogP contribution in [0.4, 0.5) is 0 Å². The lowest BCUT2D eigenvalue weighted by Crippen LogP contribution is -2.28. The summed E-state index contributed by atoms with van der Waals surface area (Å²) in [6, 6.07) is 0.196. The number of hydrogen-bond donors (Lipinski definition) is 2. The average molecular weight is 182 g/mol. The number of aryl methyl sites for hydroxylation is 1. The SMILES string of the molecule is CCCCC(NN)c1cn(C)cn1. The molecule has 0 aliphatic carbocycles. The van der Waals surface area contributed by atoms with Crippen LogP contribution in [0.2, 0.25) is 0 Å². The summed E-state index contributed by atoms with van der Waals surface area (Å²) in [5.41, 5.74) is 3.82. The fraction of sp³-hybridized carbons (Fsp3) is 0.667. The van der Waals surface area contributed by atoms with E-state index in [9.17, 15) is 0 Å². The molecule has 0 radical (unpaired) electrons. The third-order valence-electron chi connectivity index (χ3n) is 2.13. The Morgan fingerprint density at radius 1 is 1.69 bits per heavy atom. The molecule has 4 heteroatoms. The second kappa shape index (κ2) is 4.99. The summed E-state index contributed by atoms with van der Waals surface area (Å²) in [5, 5.41) is 0. The molecule has 0 amide bonds. The molecule has 1 atom stereocenters. The maximum atomic E-state index is 5.46. The summed E-state index contributed by atoms with van der Waals surface area (Å²) < 4.78 is 1.94. The van der Waals surface area contributed by atoms with E-state index in [1.807, 2.05) is 17.8 Å². The van der Waals surface area contributed by atoms with Crippen LogP contribution < -0.4 is 11.3 Å². The Hall–Kier alpha value is -0.870. The fourth-order valence-corrected chi connectivity index (χ4v) is 1.34. The Labute approximate surface area is 79.1 Å². The van der Waals surface area contributed by atoms with Gasteiger partial charge in [0.05, 0.1) is 18.1 Å². The van der Waals surface area contributed by atoms with Gasteiger partial charge in [0, 0.05) is 13.2 Å². The molecule has 0 spiro atoms. The van der Waals surface area contributed by atoms with Crippen LogP contribution in [0.5, 0.6) is 0 Å². The van der Waals surface area contributed by atoms with Gasteiger partial charge in [0.1, 0.15) is 0 Å². The molecule has 1 aromatic heterocycles. The molecule has 1 rings (SSSR count). The largest absolute Gasteiger partial charge is 0.340 e. The highest BCUT2D eigenvalue weighted by atomic mass is 15.2. The lowest BCUT2D eigenvalue weighted by atomic mass is 10.1. The highest BCUT2D eigenvalue weighted by Crippen LogP contribution is 2.15. The molecular formula is C9H18N4. The first-order valence-electron chi connectivity index (χ1n) is 4.72. The van der Waals surface area contributed by atoms with Crippen LogP contribution in [0.3, 0.4) is 0 Å². The minimum absolute atomic E-state index is 0.196.